The number of nitrogens with one attached hydrogen (secondary N) is 1. The van der Waals surface area contributed by atoms with Gasteiger partial charge in [0.15, 0.2) is 0 Å². The number of hydrogen-bond acceptors (Lipinski definition) is 3. The van der Waals surface area contributed by atoms with Gasteiger partial charge in [-0.3, -0.25) is 9.59 Å². The first-order valence-corrected chi connectivity index (χ1v) is 9.38. The van der Waals surface area contributed by atoms with Crippen LogP contribution in [0.15, 0.2) is 12.7 Å². The summed E-state index contributed by atoms with van der Waals surface area (Å²) < 4.78 is 6.18. The van der Waals surface area contributed by atoms with Gasteiger partial charge in [-0.05, 0) is 73.7 Å². The highest BCUT2D eigenvalue weighted by atomic mass is 16.6. The van der Waals surface area contributed by atoms with E-state index in [0.29, 0.717) is 23.2 Å². The van der Waals surface area contributed by atoms with Crippen LogP contribution in [-0.4, -0.2) is 24.0 Å². The van der Waals surface area contributed by atoms with E-state index in [1.54, 1.807) is 0 Å². The highest BCUT2D eigenvalue weighted by molar-refractivity contribution is 5.89. The number of carbonyl (C=O) groups excluding carboxylic acids is 2. The van der Waals surface area contributed by atoms with Crippen LogP contribution in [-0.2, 0) is 14.3 Å². The zero-order valence-corrected chi connectivity index (χ0v) is 15.3. The van der Waals surface area contributed by atoms with Gasteiger partial charge >= 0.3 is 5.97 Å². The molecular formula is C20H31NO3. The van der Waals surface area contributed by atoms with Gasteiger partial charge in [0.1, 0.15) is 12.1 Å². The standard InChI is InChI=1S/C20H31NO3/c1-5-17(22)21-12-18(23)24-20(8-13(2)3)15-6-14-7-16(20)11-19(4,9-14)10-15/h5,13-16H,1,6-12H2,2-4H3,(H,21,22). The van der Waals surface area contributed by atoms with E-state index in [2.05, 4.69) is 32.7 Å². The molecule has 0 spiro atoms. The Hall–Kier alpha value is -1.32. The van der Waals surface area contributed by atoms with Crippen LogP contribution in [0.3, 0.4) is 0 Å². The Morgan fingerprint density at radius 1 is 1.25 bits per heavy atom. The van der Waals surface area contributed by atoms with Gasteiger partial charge in [0, 0.05) is 0 Å². The Morgan fingerprint density at radius 3 is 2.38 bits per heavy atom. The molecule has 4 rings (SSSR count). The quantitative estimate of drug-likeness (QED) is 0.598. The number of rotatable bonds is 6. The maximum absolute atomic E-state index is 12.5. The fraction of sp³-hybridized carbons (Fsp3) is 0.800. The van der Waals surface area contributed by atoms with E-state index in [1.165, 1.54) is 38.2 Å². The van der Waals surface area contributed by atoms with Crippen LogP contribution in [0.1, 0.15) is 59.3 Å². The first-order valence-electron chi connectivity index (χ1n) is 9.38. The molecule has 0 radical (unpaired) electrons. The van der Waals surface area contributed by atoms with Crippen molar-refractivity contribution in [2.75, 3.05) is 6.54 Å². The van der Waals surface area contributed by atoms with E-state index in [9.17, 15) is 9.59 Å². The Morgan fingerprint density at radius 2 is 1.88 bits per heavy atom. The summed E-state index contributed by atoms with van der Waals surface area (Å²) in [5.41, 5.74) is 0.126. The van der Waals surface area contributed by atoms with Gasteiger partial charge in [-0.2, -0.15) is 0 Å². The van der Waals surface area contributed by atoms with Gasteiger partial charge in [0.2, 0.25) is 5.91 Å². The minimum atomic E-state index is -0.331. The number of esters is 1. The summed E-state index contributed by atoms with van der Waals surface area (Å²) in [6.45, 7) is 10.2. The molecule has 0 heterocycles. The van der Waals surface area contributed by atoms with Crippen molar-refractivity contribution in [1.82, 2.24) is 5.32 Å². The highest BCUT2D eigenvalue weighted by Crippen LogP contribution is 2.65. The van der Waals surface area contributed by atoms with Crippen LogP contribution < -0.4 is 5.32 Å². The first-order chi connectivity index (χ1) is 11.3. The molecule has 0 aromatic carbocycles. The first kappa shape index (κ1) is 17.5. The van der Waals surface area contributed by atoms with Crippen LogP contribution in [0.4, 0.5) is 0 Å². The van der Waals surface area contributed by atoms with Crippen LogP contribution in [0.2, 0.25) is 0 Å². The third-order valence-electron chi connectivity index (χ3n) is 6.50. The molecule has 4 aliphatic rings. The third kappa shape index (κ3) is 3.12. The second kappa shape index (κ2) is 6.20. The fourth-order valence-electron chi connectivity index (χ4n) is 6.11. The molecule has 4 fully saturated rings. The molecule has 2 atom stereocenters. The molecule has 0 aromatic rings. The molecule has 0 aliphatic heterocycles. The lowest BCUT2D eigenvalue weighted by molar-refractivity contribution is -0.227. The SMILES string of the molecule is C=CC(=O)NCC(=O)OC1(CC(C)C)C2CC3CC1CC(C)(C3)C2. The normalized spacial score (nSPS) is 39.8. The predicted octanol–water partition coefficient (Wildman–Crippen LogP) is 3.46. The van der Waals surface area contributed by atoms with Crippen molar-refractivity contribution in [3.05, 3.63) is 12.7 Å². The van der Waals surface area contributed by atoms with Crippen LogP contribution in [0.5, 0.6) is 0 Å². The molecule has 4 saturated carbocycles. The summed E-state index contributed by atoms with van der Waals surface area (Å²) in [5, 5.41) is 2.55. The molecule has 4 bridgehead atoms. The van der Waals surface area contributed by atoms with E-state index in [4.69, 9.17) is 4.74 Å². The van der Waals surface area contributed by atoms with E-state index in [-0.39, 0.29) is 24.0 Å². The molecule has 4 aliphatic carbocycles. The molecule has 4 nitrogen and oxygen atoms in total. The minimum absolute atomic E-state index is 0.0646. The van der Waals surface area contributed by atoms with Crippen molar-refractivity contribution in [3.63, 3.8) is 0 Å². The smallest absolute Gasteiger partial charge is 0.325 e. The van der Waals surface area contributed by atoms with Crippen molar-refractivity contribution >= 4 is 11.9 Å². The highest BCUT2D eigenvalue weighted by Gasteiger charge is 2.62. The lowest BCUT2D eigenvalue weighted by Crippen LogP contribution is -2.63. The van der Waals surface area contributed by atoms with Crippen molar-refractivity contribution in [1.29, 1.82) is 0 Å². The molecule has 1 N–H and O–H groups in total. The Bertz CT molecular complexity index is 523. The van der Waals surface area contributed by atoms with E-state index < -0.39 is 0 Å². The van der Waals surface area contributed by atoms with Crippen molar-refractivity contribution in [2.24, 2.45) is 29.1 Å². The lowest BCUT2D eigenvalue weighted by atomic mass is 9.44. The fourth-order valence-corrected chi connectivity index (χ4v) is 6.11. The Kier molecular flexibility index (Phi) is 4.52. The zero-order chi connectivity index (χ0) is 17.5. The van der Waals surface area contributed by atoms with Crippen LogP contribution >= 0.6 is 0 Å². The molecule has 1 amide bonds. The topological polar surface area (TPSA) is 55.4 Å². The van der Waals surface area contributed by atoms with Crippen molar-refractivity contribution < 1.29 is 14.3 Å². The number of hydrogen-bond donors (Lipinski definition) is 1. The molecular weight excluding hydrogens is 302 g/mol. The number of amides is 1. The third-order valence-corrected chi connectivity index (χ3v) is 6.50. The van der Waals surface area contributed by atoms with Gasteiger partial charge in [-0.15, -0.1) is 0 Å². The summed E-state index contributed by atoms with van der Waals surface area (Å²) in [7, 11) is 0. The number of carbonyl (C=O) groups is 2. The lowest BCUT2D eigenvalue weighted by Gasteiger charge is -2.64. The molecule has 4 heteroatoms. The molecule has 0 saturated heterocycles. The molecule has 134 valence electrons. The van der Waals surface area contributed by atoms with Gasteiger partial charge in [0.05, 0.1) is 0 Å². The number of ether oxygens (including phenoxy) is 1. The van der Waals surface area contributed by atoms with Gasteiger partial charge in [0.25, 0.3) is 0 Å². The van der Waals surface area contributed by atoms with Crippen LogP contribution in [0.25, 0.3) is 0 Å². The Balaban J connectivity index is 1.77. The van der Waals surface area contributed by atoms with Crippen LogP contribution in [0, 0.1) is 29.1 Å². The summed E-state index contributed by atoms with van der Waals surface area (Å²) >= 11 is 0. The monoisotopic (exact) mass is 333 g/mol. The summed E-state index contributed by atoms with van der Waals surface area (Å²) in [6, 6.07) is 0. The molecule has 0 aromatic heterocycles. The second-order valence-electron chi connectivity index (χ2n) is 9.10. The Labute approximate surface area is 145 Å². The summed E-state index contributed by atoms with van der Waals surface area (Å²) in [6.07, 6.45) is 8.22. The summed E-state index contributed by atoms with van der Waals surface area (Å²) in [4.78, 5) is 23.8. The summed E-state index contributed by atoms with van der Waals surface area (Å²) in [5.74, 6) is 1.63. The minimum Gasteiger partial charge on any atom is -0.457 e. The zero-order valence-electron chi connectivity index (χ0n) is 15.3. The van der Waals surface area contributed by atoms with Gasteiger partial charge < -0.3 is 10.1 Å². The van der Waals surface area contributed by atoms with E-state index in [0.717, 1.165) is 12.3 Å². The van der Waals surface area contributed by atoms with Gasteiger partial charge in [-0.1, -0.05) is 27.4 Å². The van der Waals surface area contributed by atoms with E-state index in [1.807, 2.05) is 0 Å². The van der Waals surface area contributed by atoms with E-state index >= 15 is 0 Å². The maximum atomic E-state index is 12.5. The molecule has 24 heavy (non-hydrogen) atoms. The van der Waals surface area contributed by atoms with Gasteiger partial charge in [-0.25, -0.2) is 0 Å². The second-order valence-corrected chi connectivity index (χ2v) is 9.10. The largest absolute Gasteiger partial charge is 0.457 e. The predicted molar refractivity (Wildman–Crippen MR) is 93.1 cm³/mol. The maximum Gasteiger partial charge on any atom is 0.325 e. The molecule has 2 unspecified atom stereocenters. The van der Waals surface area contributed by atoms with Crippen molar-refractivity contribution in [3.8, 4) is 0 Å². The average Bonchev–Trinajstić information content (AvgIpc) is 2.48. The average molecular weight is 333 g/mol. The van der Waals surface area contributed by atoms with Crippen molar-refractivity contribution in [2.45, 2.75) is 64.9 Å².